The van der Waals surface area contributed by atoms with Gasteiger partial charge in [0.05, 0.1) is 15.8 Å². The summed E-state index contributed by atoms with van der Waals surface area (Å²) < 4.78 is 66.5. The molecule has 1 aliphatic carbocycles. The van der Waals surface area contributed by atoms with Crippen molar-refractivity contribution in [3.05, 3.63) is 36.0 Å². The first kappa shape index (κ1) is 23.6. The molecule has 0 saturated heterocycles. The number of amidine groups is 1. The van der Waals surface area contributed by atoms with Crippen LogP contribution < -0.4 is 22.1 Å². The van der Waals surface area contributed by atoms with Crippen LogP contribution in [0.3, 0.4) is 0 Å². The molecule has 0 bridgehead atoms. The summed E-state index contributed by atoms with van der Waals surface area (Å²) in [4.78, 5) is 4.12. The molecule has 172 valence electrons. The zero-order valence-corrected chi connectivity index (χ0v) is 18.2. The van der Waals surface area contributed by atoms with Crippen LogP contribution in [0.1, 0.15) is 39.5 Å². The average Bonchev–Trinajstić information content (AvgIpc) is 2.67. The van der Waals surface area contributed by atoms with Gasteiger partial charge in [-0.3, -0.25) is 5.73 Å². The van der Waals surface area contributed by atoms with E-state index in [0.29, 0.717) is 25.7 Å². The van der Waals surface area contributed by atoms with Crippen LogP contribution >= 0.6 is 0 Å². The highest BCUT2D eigenvalue weighted by Crippen LogP contribution is 2.36. The third-order valence-corrected chi connectivity index (χ3v) is 7.98. The van der Waals surface area contributed by atoms with Gasteiger partial charge in [0.15, 0.2) is 15.6 Å². The number of para-hydroxylation sites is 1. The van der Waals surface area contributed by atoms with Crippen molar-refractivity contribution >= 4 is 21.4 Å². The Bertz CT molecular complexity index is 983. The summed E-state index contributed by atoms with van der Waals surface area (Å²) in [5.41, 5.74) is 11.3. The normalized spacial score (nSPS) is 27.4. The minimum Gasteiger partial charge on any atom is -0.354 e. The van der Waals surface area contributed by atoms with E-state index in [-0.39, 0.29) is 22.5 Å². The molecule has 1 aliphatic heterocycles. The summed E-state index contributed by atoms with van der Waals surface area (Å²) in [5, 5.41) is 4.49. The molecule has 1 atom stereocenters. The summed E-state index contributed by atoms with van der Waals surface area (Å²) >= 11 is 0. The van der Waals surface area contributed by atoms with E-state index in [1.54, 1.807) is 6.07 Å². The number of nitrogens with one attached hydrogen (secondary N) is 2. The second kappa shape index (κ2) is 8.44. The van der Waals surface area contributed by atoms with Crippen molar-refractivity contribution in [1.82, 2.24) is 5.32 Å². The molecule has 3 rings (SSSR count). The van der Waals surface area contributed by atoms with E-state index in [9.17, 15) is 21.6 Å². The standard InChI is InChI=1S/C20H28F3N5O2S/c1-12(2)31(29,30)17-6-4-3-5-16(17)27-18-15(19(21,22)23)11-26-20(25,28-18)13-7-9-14(24)10-8-13/h3-6,11-14,26H,7-10,24-25H2,1-2H3,(H,27,28)/t13-,14-,20?. The molecule has 1 aromatic carbocycles. The van der Waals surface area contributed by atoms with Gasteiger partial charge in [-0.05, 0) is 51.7 Å². The topological polar surface area (TPSA) is 123 Å². The highest BCUT2D eigenvalue weighted by molar-refractivity contribution is 7.92. The van der Waals surface area contributed by atoms with Gasteiger partial charge >= 0.3 is 6.18 Å². The molecule has 11 heteroatoms. The van der Waals surface area contributed by atoms with Crippen LogP contribution in [-0.2, 0) is 9.84 Å². The number of nitrogens with zero attached hydrogens (tertiary/aromatic N) is 1. The second-order valence-electron chi connectivity index (χ2n) is 8.31. The van der Waals surface area contributed by atoms with Crippen LogP contribution in [0.4, 0.5) is 18.9 Å². The Morgan fingerprint density at radius 2 is 1.81 bits per heavy atom. The molecular formula is C20H28F3N5O2S. The number of halogens is 3. The maximum Gasteiger partial charge on any atom is 0.421 e. The fraction of sp³-hybridized carbons (Fsp3) is 0.550. The fourth-order valence-corrected chi connectivity index (χ4v) is 5.01. The van der Waals surface area contributed by atoms with E-state index in [2.05, 4.69) is 15.6 Å². The quantitative estimate of drug-likeness (QED) is 0.549. The minimum absolute atomic E-state index is 0.0139. The first-order chi connectivity index (χ1) is 14.3. The van der Waals surface area contributed by atoms with Gasteiger partial charge in [-0.1, -0.05) is 12.1 Å². The lowest BCUT2D eigenvalue weighted by Crippen LogP contribution is -2.60. The van der Waals surface area contributed by atoms with Gasteiger partial charge in [0.1, 0.15) is 11.4 Å². The Labute approximate surface area is 180 Å². The molecule has 0 spiro atoms. The number of nitrogens with two attached hydrogens (primary N) is 2. The number of benzene rings is 1. The van der Waals surface area contributed by atoms with E-state index >= 15 is 0 Å². The first-order valence-corrected chi connectivity index (χ1v) is 11.7. The lowest BCUT2D eigenvalue weighted by Gasteiger charge is -2.41. The average molecular weight is 460 g/mol. The van der Waals surface area contributed by atoms with Crippen LogP contribution in [0, 0.1) is 5.92 Å². The highest BCUT2D eigenvalue weighted by Gasteiger charge is 2.45. The molecule has 31 heavy (non-hydrogen) atoms. The lowest BCUT2D eigenvalue weighted by molar-refractivity contribution is -0.0871. The Morgan fingerprint density at radius 3 is 2.39 bits per heavy atom. The van der Waals surface area contributed by atoms with Crippen molar-refractivity contribution < 1.29 is 21.6 Å². The van der Waals surface area contributed by atoms with E-state index < -0.39 is 38.5 Å². The fourth-order valence-electron chi connectivity index (χ4n) is 3.81. The van der Waals surface area contributed by atoms with Crippen molar-refractivity contribution in [2.24, 2.45) is 22.4 Å². The third kappa shape index (κ3) is 4.88. The predicted octanol–water partition coefficient (Wildman–Crippen LogP) is 2.86. The van der Waals surface area contributed by atoms with Gasteiger partial charge in [0.2, 0.25) is 0 Å². The molecular weight excluding hydrogens is 431 g/mol. The van der Waals surface area contributed by atoms with Gasteiger partial charge in [-0.2, -0.15) is 13.2 Å². The van der Waals surface area contributed by atoms with Crippen LogP contribution in [0.2, 0.25) is 0 Å². The van der Waals surface area contributed by atoms with Crippen molar-refractivity contribution in [3.63, 3.8) is 0 Å². The number of hydrogen-bond donors (Lipinski definition) is 4. The van der Waals surface area contributed by atoms with Crippen LogP contribution in [0.25, 0.3) is 0 Å². The number of hydrogen-bond acceptors (Lipinski definition) is 7. The Kier molecular flexibility index (Phi) is 6.41. The maximum absolute atomic E-state index is 13.7. The molecule has 1 unspecified atom stereocenters. The van der Waals surface area contributed by atoms with Crippen LogP contribution in [0.15, 0.2) is 45.9 Å². The molecule has 2 aliphatic rings. The summed E-state index contributed by atoms with van der Waals surface area (Å²) in [6, 6.07) is 5.86. The molecule has 0 aromatic heterocycles. The Hall–Kier alpha value is -2.11. The van der Waals surface area contributed by atoms with Crippen molar-refractivity contribution in [1.29, 1.82) is 0 Å². The molecule has 1 aromatic rings. The van der Waals surface area contributed by atoms with E-state index in [1.807, 2.05) is 0 Å². The van der Waals surface area contributed by atoms with E-state index in [0.717, 1.165) is 6.20 Å². The predicted molar refractivity (Wildman–Crippen MR) is 114 cm³/mol. The summed E-state index contributed by atoms with van der Waals surface area (Å²) in [6.07, 6.45) is -1.27. The van der Waals surface area contributed by atoms with Gasteiger partial charge in [-0.15, -0.1) is 0 Å². The monoisotopic (exact) mass is 459 g/mol. The van der Waals surface area contributed by atoms with Crippen molar-refractivity contribution in [2.75, 3.05) is 5.32 Å². The van der Waals surface area contributed by atoms with Crippen molar-refractivity contribution in [3.8, 4) is 0 Å². The number of alkyl halides is 3. The third-order valence-electron chi connectivity index (χ3n) is 5.77. The Balaban J connectivity index is 2.02. The molecule has 0 radical (unpaired) electrons. The summed E-state index contributed by atoms with van der Waals surface area (Å²) in [5.74, 6) is -2.19. The minimum atomic E-state index is -4.72. The van der Waals surface area contributed by atoms with Gasteiger partial charge in [-0.25, -0.2) is 13.4 Å². The summed E-state index contributed by atoms with van der Waals surface area (Å²) in [7, 11) is -3.75. The molecule has 1 saturated carbocycles. The zero-order valence-electron chi connectivity index (χ0n) is 17.4. The van der Waals surface area contributed by atoms with E-state index in [4.69, 9.17) is 11.5 Å². The lowest BCUT2D eigenvalue weighted by atomic mass is 9.81. The second-order valence-corrected chi connectivity index (χ2v) is 10.8. The molecule has 1 fully saturated rings. The molecule has 7 nitrogen and oxygen atoms in total. The Morgan fingerprint density at radius 1 is 1.19 bits per heavy atom. The number of anilines is 1. The number of rotatable bonds is 4. The van der Waals surface area contributed by atoms with Gasteiger partial charge in [0, 0.05) is 18.2 Å². The SMILES string of the molecule is CC(C)S(=O)(=O)c1ccccc1NC1=NC(N)([C@H]2CC[C@H](N)CC2)NC=C1C(F)(F)F. The largest absolute Gasteiger partial charge is 0.421 e. The number of aliphatic imine (C=N–C) groups is 1. The molecule has 0 amide bonds. The first-order valence-electron chi connectivity index (χ1n) is 10.1. The smallest absolute Gasteiger partial charge is 0.354 e. The number of sulfone groups is 1. The van der Waals surface area contributed by atoms with Gasteiger partial charge < -0.3 is 16.4 Å². The molecule has 6 N–H and O–H groups in total. The van der Waals surface area contributed by atoms with Crippen molar-refractivity contribution in [2.45, 2.75) is 67.7 Å². The maximum atomic E-state index is 13.7. The van der Waals surface area contributed by atoms with Gasteiger partial charge in [0.25, 0.3) is 0 Å². The van der Waals surface area contributed by atoms with Crippen LogP contribution in [-0.4, -0.2) is 37.5 Å². The summed E-state index contributed by atoms with van der Waals surface area (Å²) in [6.45, 7) is 3.02. The zero-order chi connectivity index (χ0) is 23.0. The van der Waals surface area contributed by atoms with E-state index in [1.165, 1.54) is 32.0 Å². The highest BCUT2D eigenvalue weighted by atomic mass is 32.2. The van der Waals surface area contributed by atoms with Crippen LogP contribution in [0.5, 0.6) is 0 Å². The molecule has 1 heterocycles.